The minimum atomic E-state index is -4.96. The lowest BCUT2D eigenvalue weighted by Crippen LogP contribution is -2.65. The lowest BCUT2D eigenvalue weighted by atomic mass is 10.1. The number of hydrogen-bond acceptors (Lipinski definition) is 4. The van der Waals surface area contributed by atoms with Crippen LogP contribution >= 0.6 is 0 Å². The van der Waals surface area contributed by atoms with E-state index < -0.39 is 17.9 Å². The fourth-order valence-corrected chi connectivity index (χ4v) is 2.19. The van der Waals surface area contributed by atoms with Gasteiger partial charge in [-0.05, 0) is 20.4 Å². The molecule has 1 aliphatic heterocycles. The summed E-state index contributed by atoms with van der Waals surface area (Å²) in [4.78, 5) is 12.6. The molecule has 0 spiro atoms. The van der Waals surface area contributed by atoms with Crippen LogP contribution in [-0.4, -0.2) is 48.4 Å². The number of esters is 1. The number of nitrogens with zero attached hydrogens (tertiary/aromatic N) is 1. The molecule has 0 aromatic heterocycles. The molecular weight excluding hydrogens is 237 g/mol. The van der Waals surface area contributed by atoms with Crippen LogP contribution < -0.4 is 5.32 Å². The first kappa shape index (κ1) is 14.2. The molecule has 1 aliphatic rings. The third kappa shape index (κ3) is 3.10. The van der Waals surface area contributed by atoms with Gasteiger partial charge in [-0.25, -0.2) is 4.79 Å². The van der Waals surface area contributed by atoms with E-state index in [1.807, 2.05) is 13.8 Å². The van der Waals surface area contributed by atoms with Crippen LogP contribution in [-0.2, 0) is 9.53 Å². The standard InChI is InChI=1S/C10H17F3N2O2/c1-4-15-7(2)5-14-6-9(15,3)17-8(16)10(11,12)13/h7,14H,4-6H2,1-3H3/t7-,9+/m1/s1. The van der Waals surface area contributed by atoms with Gasteiger partial charge in [-0.1, -0.05) is 6.92 Å². The smallest absolute Gasteiger partial charge is 0.436 e. The number of ether oxygens (including phenoxy) is 1. The Morgan fingerprint density at radius 2 is 2.18 bits per heavy atom. The van der Waals surface area contributed by atoms with E-state index in [1.165, 1.54) is 6.92 Å². The molecule has 0 unspecified atom stereocenters. The SMILES string of the molecule is CCN1[C@H](C)CNC[C@]1(C)OC(=O)C(F)(F)F. The van der Waals surface area contributed by atoms with Gasteiger partial charge in [0, 0.05) is 19.1 Å². The van der Waals surface area contributed by atoms with Gasteiger partial charge in [-0.2, -0.15) is 13.2 Å². The van der Waals surface area contributed by atoms with Crippen LogP contribution in [0.15, 0.2) is 0 Å². The highest BCUT2D eigenvalue weighted by Gasteiger charge is 2.48. The van der Waals surface area contributed by atoms with Crippen molar-refractivity contribution < 1.29 is 22.7 Å². The maximum absolute atomic E-state index is 12.2. The molecule has 2 atom stereocenters. The quantitative estimate of drug-likeness (QED) is 0.750. The summed E-state index contributed by atoms with van der Waals surface area (Å²) in [6.07, 6.45) is -4.96. The summed E-state index contributed by atoms with van der Waals surface area (Å²) in [6, 6.07) is 0.0137. The third-order valence-electron chi connectivity index (χ3n) is 2.92. The third-order valence-corrected chi connectivity index (χ3v) is 2.92. The van der Waals surface area contributed by atoms with Crippen LogP contribution in [0, 0.1) is 0 Å². The van der Waals surface area contributed by atoms with E-state index in [9.17, 15) is 18.0 Å². The monoisotopic (exact) mass is 254 g/mol. The van der Waals surface area contributed by atoms with Crippen molar-refractivity contribution in [2.45, 2.75) is 38.7 Å². The summed E-state index contributed by atoms with van der Waals surface area (Å²) in [7, 11) is 0. The molecule has 1 heterocycles. The summed E-state index contributed by atoms with van der Waals surface area (Å²) in [5.41, 5.74) is -1.25. The number of piperazine rings is 1. The van der Waals surface area contributed by atoms with Crippen LogP contribution in [0.3, 0.4) is 0 Å². The lowest BCUT2D eigenvalue weighted by molar-refractivity contribution is -0.234. The topological polar surface area (TPSA) is 41.6 Å². The Bertz CT molecular complexity index is 296. The second-order valence-electron chi connectivity index (χ2n) is 4.33. The Balaban J connectivity index is 2.81. The molecule has 0 aliphatic carbocycles. The van der Waals surface area contributed by atoms with Crippen LogP contribution in [0.25, 0.3) is 0 Å². The van der Waals surface area contributed by atoms with Gasteiger partial charge in [0.2, 0.25) is 0 Å². The number of carbonyl (C=O) groups excluding carboxylic acids is 1. The van der Waals surface area contributed by atoms with Gasteiger partial charge in [0.05, 0.1) is 0 Å². The van der Waals surface area contributed by atoms with Crippen molar-refractivity contribution in [1.82, 2.24) is 10.2 Å². The first-order chi connectivity index (χ1) is 7.70. The lowest BCUT2D eigenvalue weighted by Gasteiger charge is -2.47. The Labute approximate surface area is 98.1 Å². The molecule has 1 N–H and O–H groups in total. The van der Waals surface area contributed by atoms with Crippen molar-refractivity contribution in [3.05, 3.63) is 0 Å². The number of nitrogens with one attached hydrogen (secondary N) is 1. The number of halogens is 3. The van der Waals surface area contributed by atoms with E-state index >= 15 is 0 Å². The van der Waals surface area contributed by atoms with Crippen LogP contribution in [0.4, 0.5) is 13.2 Å². The Morgan fingerprint density at radius 1 is 1.59 bits per heavy atom. The molecule has 7 heteroatoms. The van der Waals surface area contributed by atoms with Gasteiger partial charge in [0.15, 0.2) is 5.72 Å². The highest BCUT2D eigenvalue weighted by atomic mass is 19.4. The minimum Gasteiger partial charge on any atom is -0.436 e. The first-order valence-electron chi connectivity index (χ1n) is 5.48. The average molecular weight is 254 g/mol. The van der Waals surface area contributed by atoms with Crippen LogP contribution in [0.2, 0.25) is 0 Å². The second kappa shape index (κ2) is 4.81. The zero-order chi connectivity index (χ0) is 13.3. The zero-order valence-electron chi connectivity index (χ0n) is 10.1. The van der Waals surface area contributed by atoms with E-state index in [0.717, 1.165) is 0 Å². The van der Waals surface area contributed by atoms with Gasteiger partial charge in [0.25, 0.3) is 0 Å². The van der Waals surface area contributed by atoms with Gasteiger partial charge in [-0.15, -0.1) is 0 Å². The maximum atomic E-state index is 12.2. The molecule has 4 nitrogen and oxygen atoms in total. The summed E-state index contributed by atoms with van der Waals surface area (Å²) < 4.78 is 41.2. The molecule has 0 aromatic carbocycles. The summed E-state index contributed by atoms with van der Waals surface area (Å²) in [6.45, 7) is 6.55. The molecule has 1 rings (SSSR count). The van der Waals surface area contributed by atoms with Crippen LogP contribution in [0.5, 0.6) is 0 Å². The molecular formula is C10H17F3N2O2. The van der Waals surface area contributed by atoms with Gasteiger partial charge in [0.1, 0.15) is 0 Å². The summed E-state index contributed by atoms with van der Waals surface area (Å²) in [5, 5.41) is 2.96. The number of likely N-dealkylation sites (N-methyl/N-ethyl adjacent to an activating group) is 1. The fourth-order valence-electron chi connectivity index (χ4n) is 2.19. The Morgan fingerprint density at radius 3 is 2.65 bits per heavy atom. The van der Waals surface area contributed by atoms with Crippen molar-refractivity contribution >= 4 is 5.97 Å². The molecule has 1 saturated heterocycles. The summed E-state index contributed by atoms with van der Waals surface area (Å²) >= 11 is 0. The van der Waals surface area contributed by atoms with Crippen LogP contribution in [0.1, 0.15) is 20.8 Å². The molecule has 1 fully saturated rings. The predicted molar refractivity (Wildman–Crippen MR) is 55.3 cm³/mol. The van der Waals surface area contributed by atoms with Gasteiger partial charge in [-0.3, -0.25) is 4.90 Å². The van der Waals surface area contributed by atoms with E-state index in [4.69, 9.17) is 0 Å². The van der Waals surface area contributed by atoms with Crippen molar-refractivity contribution in [3.8, 4) is 0 Å². The molecule has 0 bridgehead atoms. The fraction of sp³-hybridized carbons (Fsp3) is 0.900. The molecule has 100 valence electrons. The summed E-state index contributed by atoms with van der Waals surface area (Å²) in [5.74, 6) is -2.14. The van der Waals surface area contributed by atoms with Crippen molar-refractivity contribution in [2.24, 2.45) is 0 Å². The highest BCUT2D eigenvalue weighted by Crippen LogP contribution is 2.26. The van der Waals surface area contributed by atoms with Crippen molar-refractivity contribution in [3.63, 3.8) is 0 Å². The predicted octanol–water partition coefficient (Wildman–Crippen LogP) is 1.12. The zero-order valence-corrected chi connectivity index (χ0v) is 10.1. The van der Waals surface area contributed by atoms with E-state index in [1.54, 1.807) is 4.90 Å². The number of rotatable bonds is 2. The Kier molecular flexibility index (Phi) is 4.03. The molecule has 17 heavy (non-hydrogen) atoms. The van der Waals surface area contributed by atoms with Crippen molar-refractivity contribution in [1.29, 1.82) is 0 Å². The van der Waals surface area contributed by atoms with Gasteiger partial charge >= 0.3 is 12.1 Å². The molecule has 0 aromatic rings. The van der Waals surface area contributed by atoms with Gasteiger partial charge < -0.3 is 10.1 Å². The normalized spacial score (nSPS) is 31.3. The second-order valence-corrected chi connectivity index (χ2v) is 4.33. The number of hydrogen-bond donors (Lipinski definition) is 1. The number of carbonyl (C=O) groups is 1. The molecule has 0 saturated carbocycles. The molecule has 0 radical (unpaired) electrons. The molecule has 0 amide bonds. The van der Waals surface area contributed by atoms with E-state index in [-0.39, 0.29) is 12.6 Å². The van der Waals surface area contributed by atoms with Crippen molar-refractivity contribution in [2.75, 3.05) is 19.6 Å². The number of alkyl halides is 3. The first-order valence-corrected chi connectivity index (χ1v) is 5.48. The largest absolute Gasteiger partial charge is 0.490 e. The Hall–Kier alpha value is -0.820. The maximum Gasteiger partial charge on any atom is 0.490 e. The minimum absolute atomic E-state index is 0.0137. The van der Waals surface area contributed by atoms with E-state index in [2.05, 4.69) is 10.1 Å². The highest BCUT2D eigenvalue weighted by molar-refractivity contribution is 5.76. The average Bonchev–Trinajstić information content (AvgIpc) is 2.15. The van der Waals surface area contributed by atoms with E-state index in [0.29, 0.717) is 13.1 Å².